The second-order valence-electron chi connectivity index (χ2n) is 3.81. The fourth-order valence-corrected chi connectivity index (χ4v) is 2.12. The lowest BCUT2D eigenvalue weighted by Crippen LogP contribution is -2.15. The van der Waals surface area contributed by atoms with Crippen LogP contribution >= 0.6 is 15.9 Å². The van der Waals surface area contributed by atoms with Gasteiger partial charge in [-0.05, 0) is 25.8 Å². The number of nitrogens with two attached hydrogens (primary N) is 1. The van der Waals surface area contributed by atoms with Crippen molar-refractivity contribution in [1.29, 1.82) is 0 Å². The van der Waals surface area contributed by atoms with Crippen molar-refractivity contribution in [2.45, 2.75) is 25.8 Å². The van der Waals surface area contributed by atoms with E-state index >= 15 is 0 Å². The second kappa shape index (κ2) is 6.11. The third-order valence-corrected chi connectivity index (χ3v) is 3.14. The zero-order valence-corrected chi connectivity index (χ0v) is 11.5. The van der Waals surface area contributed by atoms with Gasteiger partial charge in [-0.15, -0.1) is 0 Å². The molecule has 1 rings (SSSR count). The number of ether oxygens (including phenoxy) is 2. The third-order valence-electron chi connectivity index (χ3n) is 2.43. The Bertz CT molecular complexity index is 353. The minimum absolute atomic E-state index is 0.193. The van der Waals surface area contributed by atoms with Crippen molar-refractivity contribution in [2.75, 3.05) is 14.2 Å². The van der Waals surface area contributed by atoms with Crippen molar-refractivity contribution in [3.05, 3.63) is 22.2 Å². The first kappa shape index (κ1) is 13.3. The van der Waals surface area contributed by atoms with Crippen molar-refractivity contribution in [2.24, 2.45) is 5.73 Å². The van der Waals surface area contributed by atoms with Gasteiger partial charge in [0.2, 0.25) is 0 Å². The molecular formula is C12H18BrNO2. The molecule has 1 aromatic carbocycles. The van der Waals surface area contributed by atoms with Crippen LogP contribution in [0.3, 0.4) is 0 Å². The van der Waals surface area contributed by atoms with Crippen LogP contribution in [0.15, 0.2) is 16.6 Å². The highest BCUT2D eigenvalue weighted by Gasteiger charge is 2.11. The van der Waals surface area contributed by atoms with E-state index in [0.29, 0.717) is 0 Å². The maximum Gasteiger partial charge on any atom is 0.126 e. The molecule has 0 saturated carbocycles. The summed E-state index contributed by atoms with van der Waals surface area (Å²) in [4.78, 5) is 0. The molecule has 1 atom stereocenters. The summed E-state index contributed by atoms with van der Waals surface area (Å²) >= 11 is 3.53. The minimum atomic E-state index is 0.193. The predicted molar refractivity (Wildman–Crippen MR) is 69.2 cm³/mol. The summed E-state index contributed by atoms with van der Waals surface area (Å²) in [6.07, 6.45) is 1.83. The summed E-state index contributed by atoms with van der Waals surface area (Å²) in [6.45, 7) is 2.00. The highest BCUT2D eigenvalue weighted by molar-refractivity contribution is 9.10. The highest BCUT2D eigenvalue weighted by atomic mass is 79.9. The zero-order chi connectivity index (χ0) is 12.1. The quantitative estimate of drug-likeness (QED) is 0.906. The van der Waals surface area contributed by atoms with E-state index in [1.165, 1.54) is 0 Å². The summed E-state index contributed by atoms with van der Waals surface area (Å²) in [6, 6.07) is 4.03. The molecule has 0 aromatic heterocycles. The van der Waals surface area contributed by atoms with Crippen molar-refractivity contribution >= 4 is 15.9 Å². The standard InChI is InChI=1S/C12H18BrNO2/c1-8(14)4-5-10-11(13)6-9(15-2)7-12(10)16-3/h6-8H,4-5,14H2,1-3H3/t8-/m0/s1. The van der Waals surface area contributed by atoms with E-state index in [-0.39, 0.29) is 6.04 Å². The Morgan fingerprint density at radius 3 is 2.50 bits per heavy atom. The van der Waals surface area contributed by atoms with Gasteiger partial charge >= 0.3 is 0 Å². The molecular weight excluding hydrogens is 270 g/mol. The fourth-order valence-electron chi connectivity index (χ4n) is 1.50. The van der Waals surface area contributed by atoms with Gasteiger partial charge in [0.05, 0.1) is 14.2 Å². The maximum absolute atomic E-state index is 5.76. The molecule has 16 heavy (non-hydrogen) atoms. The lowest BCUT2D eigenvalue weighted by Gasteiger charge is -2.13. The Hall–Kier alpha value is -0.740. The van der Waals surface area contributed by atoms with E-state index in [9.17, 15) is 0 Å². The smallest absolute Gasteiger partial charge is 0.126 e. The van der Waals surface area contributed by atoms with Gasteiger partial charge in [-0.3, -0.25) is 0 Å². The summed E-state index contributed by atoms with van der Waals surface area (Å²) in [5, 5.41) is 0. The van der Waals surface area contributed by atoms with E-state index in [1.54, 1.807) is 14.2 Å². The lowest BCUT2D eigenvalue weighted by atomic mass is 10.1. The van der Waals surface area contributed by atoms with Gasteiger partial charge in [-0.2, -0.15) is 0 Å². The van der Waals surface area contributed by atoms with E-state index in [0.717, 1.165) is 34.4 Å². The first-order valence-corrected chi connectivity index (χ1v) is 6.03. The van der Waals surface area contributed by atoms with E-state index in [4.69, 9.17) is 15.2 Å². The van der Waals surface area contributed by atoms with Gasteiger partial charge in [0.1, 0.15) is 11.5 Å². The molecule has 0 bridgehead atoms. The number of hydrogen-bond donors (Lipinski definition) is 1. The van der Waals surface area contributed by atoms with E-state index in [1.807, 2.05) is 19.1 Å². The third kappa shape index (κ3) is 3.39. The Morgan fingerprint density at radius 1 is 1.31 bits per heavy atom. The van der Waals surface area contributed by atoms with Gasteiger partial charge in [0.25, 0.3) is 0 Å². The van der Waals surface area contributed by atoms with Crippen molar-refractivity contribution < 1.29 is 9.47 Å². The zero-order valence-electron chi connectivity index (χ0n) is 9.92. The maximum atomic E-state index is 5.76. The van der Waals surface area contributed by atoms with Gasteiger partial charge in [0, 0.05) is 22.1 Å². The molecule has 2 N–H and O–H groups in total. The summed E-state index contributed by atoms with van der Waals surface area (Å²) in [5.74, 6) is 1.63. The summed E-state index contributed by atoms with van der Waals surface area (Å²) < 4.78 is 11.5. The van der Waals surface area contributed by atoms with Gasteiger partial charge in [0.15, 0.2) is 0 Å². The summed E-state index contributed by atoms with van der Waals surface area (Å²) in [7, 11) is 3.30. The summed E-state index contributed by atoms with van der Waals surface area (Å²) in [5.41, 5.74) is 6.90. The highest BCUT2D eigenvalue weighted by Crippen LogP contribution is 2.33. The van der Waals surface area contributed by atoms with Crippen molar-refractivity contribution in [3.63, 3.8) is 0 Å². The molecule has 0 aliphatic rings. The molecule has 0 saturated heterocycles. The van der Waals surface area contributed by atoms with Crippen LogP contribution in [-0.2, 0) is 6.42 Å². The number of halogens is 1. The molecule has 3 nitrogen and oxygen atoms in total. The van der Waals surface area contributed by atoms with Gasteiger partial charge in [-0.25, -0.2) is 0 Å². The molecule has 0 aliphatic heterocycles. The molecule has 0 aliphatic carbocycles. The van der Waals surface area contributed by atoms with Gasteiger partial charge < -0.3 is 15.2 Å². The molecule has 0 spiro atoms. The van der Waals surface area contributed by atoms with Crippen LogP contribution in [0.1, 0.15) is 18.9 Å². The van der Waals surface area contributed by atoms with Crippen LogP contribution in [0.25, 0.3) is 0 Å². The number of methoxy groups -OCH3 is 2. The monoisotopic (exact) mass is 287 g/mol. The first-order valence-electron chi connectivity index (χ1n) is 5.24. The average molecular weight is 288 g/mol. The predicted octanol–water partition coefficient (Wildman–Crippen LogP) is 2.75. The molecule has 1 aromatic rings. The van der Waals surface area contributed by atoms with Crippen LogP contribution in [0, 0.1) is 0 Å². The first-order chi connectivity index (χ1) is 7.58. The minimum Gasteiger partial charge on any atom is -0.497 e. The van der Waals surface area contributed by atoms with E-state index in [2.05, 4.69) is 15.9 Å². The van der Waals surface area contributed by atoms with Crippen LogP contribution in [0.4, 0.5) is 0 Å². The van der Waals surface area contributed by atoms with Crippen LogP contribution < -0.4 is 15.2 Å². The topological polar surface area (TPSA) is 44.5 Å². The average Bonchev–Trinajstić information content (AvgIpc) is 2.26. The Morgan fingerprint density at radius 2 is 2.00 bits per heavy atom. The normalized spacial score (nSPS) is 12.3. The largest absolute Gasteiger partial charge is 0.497 e. The van der Waals surface area contributed by atoms with E-state index < -0.39 is 0 Å². The molecule has 4 heteroatoms. The van der Waals surface area contributed by atoms with Crippen LogP contribution in [0.5, 0.6) is 11.5 Å². The second-order valence-corrected chi connectivity index (χ2v) is 4.66. The van der Waals surface area contributed by atoms with Crippen LogP contribution in [0.2, 0.25) is 0 Å². The molecule has 90 valence electrons. The van der Waals surface area contributed by atoms with Crippen LogP contribution in [-0.4, -0.2) is 20.3 Å². The van der Waals surface area contributed by atoms with Crippen molar-refractivity contribution in [1.82, 2.24) is 0 Å². The number of benzene rings is 1. The molecule has 0 amide bonds. The Balaban J connectivity index is 2.97. The van der Waals surface area contributed by atoms with Crippen molar-refractivity contribution in [3.8, 4) is 11.5 Å². The van der Waals surface area contributed by atoms with Gasteiger partial charge in [-0.1, -0.05) is 15.9 Å². The Kier molecular flexibility index (Phi) is 5.09. The molecule has 0 unspecified atom stereocenters. The lowest BCUT2D eigenvalue weighted by molar-refractivity contribution is 0.389. The SMILES string of the molecule is COc1cc(Br)c(CC[C@H](C)N)c(OC)c1. The molecule has 0 radical (unpaired) electrons. The number of hydrogen-bond acceptors (Lipinski definition) is 3. The fraction of sp³-hybridized carbons (Fsp3) is 0.500. The molecule has 0 fully saturated rings. The Labute approximate surface area is 105 Å². The number of rotatable bonds is 5. The molecule has 0 heterocycles.